The molecule has 2 N–H and O–H groups in total. The molecule has 1 aromatic rings. The summed E-state index contributed by atoms with van der Waals surface area (Å²) in [6, 6.07) is 7.89. The van der Waals surface area contributed by atoms with Crippen LogP contribution in [0.25, 0.3) is 0 Å². The van der Waals surface area contributed by atoms with Crippen LogP contribution in [0.3, 0.4) is 0 Å². The van der Waals surface area contributed by atoms with Gasteiger partial charge in [0.2, 0.25) is 11.8 Å². The molecule has 2 amide bonds. The number of aliphatic hydroxyl groups is 1. The molecule has 1 aromatic carbocycles. The summed E-state index contributed by atoms with van der Waals surface area (Å²) in [5.74, 6) is 0.177. The third-order valence-electron chi connectivity index (χ3n) is 6.11. The molecule has 0 spiro atoms. The Hall–Kier alpha value is -2.18. The van der Waals surface area contributed by atoms with Crippen molar-refractivity contribution in [2.24, 2.45) is 5.92 Å². The molecule has 1 aliphatic carbocycles. The lowest BCUT2D eigenvalue weighted by atomic mass is 9.84. The van der Waals surface area contributed by atoms with Crippen molar-refractivity contribution in [1.29, 1.82) is 0 Å². The number of rotatable bonds is 5. The van der Waals surface area contributed by atoms with Gasteiger partial charge in [-0.3, -0.25) is 9.59 Å². The minimum absolute atomic E-state index is 0.0319. The van der Waals surface area contributed by atoms with Crippen LogP contribution in [0.1, 0.15) is 36.8 Å². The number of amides is 2. The van der Waals surface area contributed by atoms with Gasteiger partial charge in [-0.05, 0) is 30.4 Å². The molecule has 2 aliphatic heterocycles. The second-order valence-electron chi connectivity index (χ2n) is 7.98. The maximum atomic E-state index is 12.7. The molecule has 1 fully saturated rings. The number of ether oxygens (including phenoxy) is 1. The Kier molecular flexibility index (Phi) is 5.78. The van der Waals surface area contributed by atoms with Gasteiger partial charge >= 0.3 is 0 Å². The molecule has 1 saturated carbocycles. The molecule has 2 heterocycles. The largest absolute Gasteiger partial charge is 0.394 e. The van der Waals surface area contributed by atoms with E-state index in [1.807, 2.05) is 29.2 Å². The first-order chi connectivity index (χ1) is 13.6. The van der Waals surface area contributed by atoms with Crippen LogP contribution in [0, 0.1) is 5.92 Å². The monoisotopic (exact) mass is 384 g/mol. The summed E-state index contributed by atoms with van der Waals surface area (Å²) >= 11 is 0. The Morgan fingerprint density at radius 3 is 2.68 bits per heavy atom. The Morgan fingerprint density at radius 1 is 1.18 bits per heavy atom. The first-order valence-corrected chi connectivity index (χ1v) is 10.2. The standard InChI is InChI=1S/C22H28N2O4/c25-14-20-19(23-22(27)16-6-3-7-16)9-8-18(28-20)12-21(26)24-11-10-15-4-1-2-5-17(15)13-24/h1-2,4-5,8-9,16,18-20,25H,3,6-7,10-14H2,(H,23,27)/t18-,19+,20-/m1/s1. The first kappa shape index (κ1) is 19.2. The van der Waals surface area contributed by atoms with Crippen LogP contribution in [0.15, 0.2) is 36.4 Å². The van der Waals surface area contributed by atoms with Crippen LogP contribution >= 0.6 is 0 Å². The number of carbonyl (C=O) groups excluding carboxylic acids is 2. The van der Waals surface area contributed by atoms with E-state index in [1.54, 1.807) is 0 Å². The van der Waals surface area contributed by atoms with Crippen molar-refractivity contribution in [2.75, 3.05) is 13.2 Å². The zero-order valence-electron chi connectivity index (χ0n) is 16.0. The van der Waals surface area contributed by atoms with Crippen LogP contribution in [0.2, 0.25) is 0 Å². The van der Waals surface area contributed by atoms with Gasteiger partial charge in [0, 0.05) is 19.0 Å². The summed E-state index contributed by atoms with van der Waals surface area (Å²) in [5, 5.41) is 12.7. The highest BCUT2D eigenvalue weighted by Gasteiger charge is 2.33. The predicted octanol–water partition coefficient (Wildman–Crippen LogP) is 1.56. The fraction of sp³-hybridized carbons (Fsp3) is 0.545. The topological polar surface area (TPSA) is 78.9 Å². The Balaban J connectivity index is 1.33. The van der Waals surface area contributed by atoms with E-state index in [2.05, 4.69) is 17.4 Å². The van der Waals surface area contributed by atoms with Crippen molar-refractivity contribution in [3.8, 4) is 0 Å². The van der Waals surface area contributed by atoms with E-state index in [9.17, 15) is 14.7 Å². The normalized spacial score (nSPS) is 27.0. The average molecular weight is 384 g/mol. The zero-order valence-corrected chi connectivity index (χ0v) is 16.0. The Labute approximate surface area is 165 Å². The molecule has 0 saturated heterocycles. The van der Waals surface area contributed by atoms with Gasteiger partial charge in [-0.2, -0.15) is 0 Å². The Morgan fingerprint density at radius 2 is 1.96 bits per heavy atom. The van der Waals surface area contributed by atoms with Crippen molar-refractivity contribution >= 4 is 11.8 Å². The van der Waals surface area contributed by atoms with E-state index in [0.29, 0.717) is 6.54 Å². The van der Waals surface area contributed by atoms with Gasteiger partial charge in [0.15, 0.2) is 0 Å². The molecule has 6 heteroatoms. The highest BCUT2D eigenvalue weighted by molar-refractivity contribution is 5.80. The summed E-state index contributed by atoms with van der Waals surface area (Å²) < 4.78 is 5.91. The van der Waals surface area contributed by atoms with Crippen LogP contribution in [-0.2, 0) is 27.3 Å². The van der Waals surface area contributed by atoms with E-state index >= 15 is 0 Å². The minimum atomic E-state index is -0.520. The summed E-state index contributed by atoms with van der Waals surface area (Å²) in [6.07, 6.45) is 6.90. The number of nitrogens with one attached hydrogen (secondary N) is 1. The number of hydrogen-bond donors (Lipinski definition) is 2. The van der Waals surface area contributed by atoms with Gasteiger partial charge in [0.1, 0.15) is 6.10 Å². The number of nitrogens with zero attached hydrogens (tertiary/aromatic N) is 1. The van der Waals surface area contributed by atoms with Gasteiger partial charge in [-0.25, -0.2) is 0 Å². The maximum Gasteiger partial charge on any atom is 0.225 e. The third kappa shape index (κ3) is 4.13. The molecule has 0 bridgehead atoms. The van der Waals surface area contributed by atoms with Crippen LogP contribution in [0.4, 0.5) is 0 Å². The van der Waals surface area contributed by atoms with Crippen molar-refractivity contribution in [1.82, 2.24) is 10.2 Å². The predicted molar refractivity (Wildman–Crippen MR) is 104 cm³/mol. The highest BCUT2D eigenvalue weighted by Crippen LogP contribution is 2.27. The van der Waals surface area contributed by atoms with E-state index in [-0.39, 0.29) is 42.9 Å². The molecular weight excluding hydrogens is 356 g/mol. The van der Waals surface area contributed by atoms with Crippen LogP contribution in [0.5, 0.6) is 0 Å². The number of aliphatic hydroxyl groups excluding tert-OH is 1. The minimum Gasteiger partial charge on any atom is -0.394 e. The lowest BCUT2D eigenvalue weighted by Gasteiger charge is -2.35. The molecular formula is C22H28N2O4. The molecule has 3 atom stereocenters. The maximum absolute atomic E-state index is 12.7. The van der Waals surface area contributed by atoms with Gasteiger partial charge in [-0.1, -0.05) is 42.8 Å². The SMILES string of the molecule is O=C(N[C@H]1C=C[C@H](CC(=O)N2CCc3ccccc3C2)O[C@@H]1CO)C1CCC1. The van der Waals surface area contributed by atoms with E-state index in [0.717, 1.165) is 32.2 Å². The molecule has 0 unspecified atom stereocenters. The fourth-order valence-electron chi connectivity index (χ4n) is 4.10. The third-order valence-corrected chi connectivity index (χ3v) is 6.11. The van der Waals surface area contributed by atoms with E-state index in [1.165, 1.54) is 11.1 Å². The molecule has 28 heavy (non-hydrogen) atoms. The van der Waals surface area contributed by atoms with E-state index in [4.69, 9.17) is 4.74 Å². The molecule has 3 aliphatic rings. The lowest BCUT2D eigenvalue weighted by molar-refractivity contribution is -0.138. The number of carbonyl (C=O) groups is 2. The average Bonchev–Trinajstić information content (AvgIpc) is 2.67. The lowest BCUT2D eigenvalue weighted by Crippen LogP contribution is -2.51. The van der Waals surface area contributed by atoms with Crippen molar-refractivity contribution in [3.63, 3.8) is 0 Å². The molecule has 0 aromatic heterocycles. The van der Waals surface area contributed by atoms with Gasteiger partial charge in [-0.15, -0.1) is 0 Å². The molecule has 0 radical (unpaired) electrons. The van der Waals surface area contributed by atoms with Crippen molar-refractivity contribution < 1.29 is 19.4 Å². The number of benzene rings is 1. The smallest absolute Gasteiger partial charge is 0.225 e. The first-order valence-electron chi connectivity index (χ1n) is 10.2. The summed E-state index contributed by atoms with van der Waals surface area (Å²) in [5.41, 5.74) is 2.51. The van der Waals surface area contributed by atoms with Crippen LogP contribution < -0.4 is 5.32 Å². The second kappa shape index (κ2) is 8.45. The fourth-order valence-corrected chi connectivity index (χ4v) is 4.10. The summed E-state index contributed by atoms with van der Waals surface area (Å²) in [6.45, 7) is 1.16. The molecule has 4 rings (SSSR count). The number of fused-ring (bicyclic) bond motifs is 1. The number of hydrogen-bond acceptors (Lipinski definition) is 4. The van der Waals surface area contributed by atoms with Crippen molar-refractivity contribution in [2.45, 2.75) is 56.9 Å². The van der Waals surface area contributed by atoms with Crippen molar-refractivity contribution in [3.05, 3.63) is 47.5 Å². The second-order valence-corrected chi connectivity index (χ2v) is 7.98. The summed E-state index contributed by atoms with van der Waals surface area (Å²) in [4.78, 5) is 26.8. The zero-order chi connectivity index (χ0) is 19.5. The van der Waals surface area contributed by atoms with E-state index < -0.39 is 6.10 Å². The van der Waals surface area contributed by atoms with Gasteiger partial charge in [0.25, 0.3) is 0 Å². The highest BCUT2D eigenvalue weighted by atomic mass is 16.5. The van der Waals surface area contributed by atoms with Crippen LogP contribution in [-0.4, -0.2) is 53.2 Å². The quantitative estimate of drug-likeness (QED) is 0.756. The molecule has 150 valence electrons. The molecule has 6 nitrogen and oxygen atoms in total. The Bertz CT molecular complexity index is 759. The van der Waals surface area contributed by atoms with Gasteiger partial charge in [0.05, 0.1) is 25.2 Å². The van der Waals surface area contributed by atoms with Gasteiger partial charge < -0.3 is 20.1 Å². The summed E-state index contributed by atoms with van der Waals surface area (Å²) in [7, 11) is 0.